The van der Waals surface area contributed by atoms with E-state index in [4.69, 9.17) is 5.73 Å². The lowest BCUT2D eigenvalue weighted by atomic mass is 9.94. The number of hydrogen-bond donors (Lipinski definition) is 1. The number of benzene rings is 2. The highest BCUT2D eigenvalue weighted by Gasteiger charge is 2.62. The van der Waals surface area contributed by atoms with E-state index in [-0.39, 0.29) is 35.7 Å². The van der Waals surface area contributed by atoms with Crippen molar-refractivity contribution in [3.63, 3.8) is 0 Å². The molecule has 2 aromatic rings. The molecule has 1 spiro atoms. The molecule has 4 atom stereocenters. The van der Waals surface area contributed by atoms with Crippen molar-refractivity contribution in [2.24, 2.45) is 11.7 Å². The maximum Gasteiger partial charge on any atom is 0.226 e. The fraction of sp³-hybridized carbons (Fsp3) is 0.409. The van der Waals surface area contributed by atoms with Gasteiger partial charge in [-0.2, -0.15) is 0 Å². The highest BCUT2D eigenvalue weighted by atomic mass is 35.5. The highest BCUT2D eigenvalue weighted by Crippen LogP contribution is 2.62. The van der Waals surface area contributed by atoms with E-state index >= 15 is 0 Å². The van der Waals surface area contributed by atoms with Crippen LogP contribution in [0.5, 0.6) is 0 Å². The summed E-state index contributed by atoms with van der Waals surface area (Å²) in [6.45, 7) is 1.45. The highest BCUT2D eigenvalue weighted by molar-refractivity contribution is 5.86. The van der Waals surface area contributed by atoms with Gasteiger partial charge in [-0.05, 0) is 36.0 Å². The summed E-state index contributed by atoms with van der Waals surface area (Å²) >= 11 is 0. The number of aryl methyl sites for hydroxylation is 1. The minimum absolute atomic E-state index is 0. The molecule has 2 aromatic carbocycles. The second-order valence-corrected chi connectivity index (χ2v) is 7.99. The minimum atomic E-state index is 0. The molecule has 2 unspecified atom stereocenters. The van der Waals surface area contributed by atoms with Gasteiger partial charge in [-0.25, -0.2) is 0 Å². The average Bonchev–Trinajstić information content (AvgIpc) is 3.07. The Morgan fingerprint density at radius 3 is 2.58 bits per heavy atom. The van der Waals surface area contributed by atoms with E-state index < -0.39 is 0 Å². The topological polar surface area (TPSA) is 46.3 Å². The fourth-order valence-electron chi connectivity index (χ4n) is 5.20. The molecule has 2 aliphatic carbocycles. The number of halogens is 1. The van der Waals surface area contributed by atoms with Crippen molar-refractivity contribution in [2.75, 3.05) is 13.1 Å². The molecule has 2 N–H and O–H groups in total. The number of amides is 1. The van der Waals surface area contributed by atoms with E-state index in [0.29, 0.717) is 12.5 Å². The van der Waals surface area contributed by atoms with Crippen molar-refractivity contribution < 1.29 is 4.79 Å². The van der Waals surface area contributed by atoms with Crippen LogP contribution in [0, 0.1) is 5.92 Å². The maximum absolute atomic E-state index is 13.2. The molecule has 3 nitrogen and oxygen atoms in total. The summed E-state index contributed by atoms with van der Waals surface area (Å²) in [6, 6.07) is 19.1. The Morgan fingerprint density at radius 1 is 1.04 bits per heavy atom. The molecule has 0 aromatic heterocycles. The summed E-state index contributed by atoms with van der Waals surface area (Å²) in [5, 5.41) is 0. The van der Waals surface area contributed by atoms with Crippen LogP contribution in [0.2, 0.25) is 0 Å². The number of carbonyl (C=O) groups is 1. The zero-order chi connectivity index (χ0) is 17.0. The van der Waals surface area contributed by atoms with Crippen molar-refractivity contribution in [2.45, 2.75) is 36.6 Å². The Balaban J connectivity index is 0.00000168. The molecule has 0 bridgehead atoms. The Kier molecular flexibility index (Phi) is 4.32. The summed E-state index contributed by atoms with van der Waals surface area (Å²) in [5.41, 5.74) is 10.6. The summed E-state index contributed by atoms with van der Waals surface area (Å²) in [6.07, 6.45) is 3.27. The molecular weight excluding hydrogens is 344 g/mol. The van der Waals surface area contributed by atoms with Gasteiger partial charge in [0.2, 0.25) is 5.91 Å². The lowest BCUT2D eigenvalue weighted by molar-refractivity contribution is -0.132. The van der Waals surface area contributed by atoms with Crippen LogP contribution in [0.4, 0.5) is 0 Å². The average molecular weight is 369 g/mol. The summed E-state index contributed by atoms with van der Waals surface area (Å²) in [4.78, 5) is 15.2. The van der Waals surface area contributed by atoms with Crippen LogP contribution in [-0.2, 0) is 16.6 Å². The van der Waals surface area contributed by atoms with E-state index in [9.17, 15) is 4.79 Å². The van der Waals surface area contributed by atoms with Gasteiger partial charge in [-0.3, -0.25) is 4.79 Å². The Bertz CT molecular complexity index is 824. The van der Waals surface area contributed by atoms with Gasteiger partial charge in [0.05, 0.1) is 0 Å². The largest absolute Gasteiger partial charge is 0.340 e. The van der Waals surface area contributed by atoms with Gasteiger partial charge in [0.25, 0.3) is 0 Å². The number of hydrogen-bond acceptors (Lipinski definition) is 2. The zero-order valence-electron chi connectivity index (χ0n) is 14.8. The molecular formula is C22H25ClN2O. The van der Waals surface area contributed by atoms with Crippen molar-refractivity contribution in [3.8, 4) is 0 Å². The van der Waals surface area contributed by atoms with E-state index in [2.05, 4.69) is 48.5 Å². The van der Waals surface area contributed by atoms with E-state index in [1.807, 2.05) is 11.0 Å². The molecule has 0 radical (unpaired) electrons. The van der Waals surface area contributed by atoms with Gasteiger partial charge in [-0.1, -0.05) is 54.6 Å². The normalized spacial score (nSPS) is 31.6. The quantitative estimate of drug-likeness (QED) is 0.884. The molecule has 1 saturated heterocycles. The summed E-state index contributed by atoms with van der Waals surface area (Å²) in [7, 11) is 0. The predicted molar refractivity (Wildman–Crippen MR) is 106 cm³/mol. The van der Waals surface area contributed by atoms with Crippen molar-refractivity contribution in [1.82, 2.24) is 4.90 Å². The first-order chi connectivity index (χ1) is 12.2. The smallest absolute Gasteiger partial charge is 0.226 e. The molecule has 1 amide bonds. The second-order valence-electron chi connectivity index (χ2n) is 7.99. The molecule has 1 aliphatic heterocycles. The summed E-state index contributed by atoms with van der Waals surface area (Å²) < 4.78 is 0. The SMILES string of the molecule is Cl.N[C@@H]1CN(C(=O)C2CC23CCc2ccccc23)C[C@H]1c1ccccc1. The van der Waals surface area contributed by atoms with E-state index in [0.717, 1.165) is 25.8 Å². The third-order valence-corrected chi connectivity index (χ3v) is 6.67. The van der Waals surface area contributed by atoms with Gasteiger partial charge in [0.1, 0.15) is 0 Å². The van der Waals surface area contributed by atoms with Crippen molar-refractivity contribution >= 4 is 18.3 Å². The van der Waals surface area contributed by atoms with Crippen LogP contribution in [0.1, 0.15) is 35.4 Å². The Labute approximate surface area is 161 Å². The molecule has 4 heteroatoms. The lowest BCUT2D eigenvalue weighted by Crippen LogP contribution is -2.34. The Morgan fingerprint density at radius 2 is 1.77 bits per heavy atom. The molecule has 136 valence electrons. The Hall–Kier alpha value is -1.84. The first-order valence-electron chi connectivity index (χ1n) is 9.37. The summed E-state index contributed by atoms with van der Waals surface area (Å²) in [5.74, 6) is 0.749. The van der Waals surface area contributed by atoms with Crippen LogP contribution < -0.4 is 5.73 Å². The number of nitrogens with two attached hydrogens (primary N) is 1. The van der Waals surface area contributed by atoms with E-state index in [1.54, 1.807) is 0 Å². The number of fused-ring (bicyclic) bond motifs is 2. The van der Waals surface area contributed by atoms with Crippen LogP contribution in [0.15, 0.2) is 54.6 Å². The van der Waals surface area contributed by atoms with Crippen LogP contribution in [0.25, 0.3) is 0 Å². The molecule has 5 rings (SSSR count). The fourth-order valence-corrected chi connectivity index (χ4v) is 5.20. The van der Waals surface area contributed by atoms with Gasteiger partial charge in [0.15, 0.2) is 0 Å². The number of carbonyl (C=O) groups excluding carboxylic acids is 1. The number of likely N-dealkylation sites (tertiary alicyclic amines) is 1. The molecule has 1 saturated carbocycles. The second kappa shape index (κ2) is 6.40. The monoisotopic (exact) mass is 368 g/mol. The van der Waals surface area contributed by atoms with E-state index in [1.165, 1.54) is 16.7 Å². The number of nitrogens with zero attached hydrogens (tertiary/aromatic N) is 1. The molecule has 2 fully saturated rings. The van der Waals surface area contributed by atoms with Crippen molar-refractivity contribution in [3.05, 3.63) is 71.3 Å². The number of rotatable bonds is 2. The third-order valence-electron chi connectivity index (χ3n) is 6.67. The minimum Gasteiger partial charge on any atom is -0.340 e. The van der Waals surface area contributed by atoms with Gasteiger partial charge >= 0.3 is 0 Å². The van der Waals surface area contributed by atoms with Crippen LogP contribution in [-0.4, -0.2) is 29.9 Å². The third kappa shape index (κ3) is 2.57. The van der Waals surface area contributed by atoms with Gasteiger partial charge in [0, 0.05) is 36.4 Å². The van der Waals surface area contributed by atoms with Gasteiger partial charge < -0.3 is 10.6 Å². The first-order valence-corrected chi connectivity index (χ1v) is 9.37. The molecule has 1 heterocycles. The lowest BCUT2D eigenvalue weighted by Gasteiger charge is -2.19. The first kappa shape index (κ1) is 17.6. The molecule has 3 aliphatic rings. The zero-order valence-corrected chi connectivity index (χ0v) is 15.6. The van der Waals surface area contributed by atoms with Crippen molar-refractivity contribution in [1.29, 1.82) is 0 Å². The van der Waals surface area contributed by atoms with Crippen LogP contribution in [0.3, 0.4) is 0 Å². The predicted octanol–water partition coefficient (Wildman–Crippen LogP) is 3.27. The maximum atomic E-state index is 13.2. The molecule has 26 heavy (non-hydrogen) atoms. The standard InChI is InChI=1S/C22H24N2O.ClH/c23-20-14-24(13-17(20)15-6-2-1-3-7-15)21(25)19-12-22(19)11-10-16-8-4-5-9-18(16)22;/h1-9,17,19-20H,10-14,23H2;1H/t17-,19?,20+,22?;/m0./s1. The van der Waals surface area contributed by atoms with Gasteiger partial charge in [-0.15, -0.1) is 12.4 Å². The van der Waals surface area contributed by atoms with Crippen LogP contribution >= 0.6 is 12.4 Å².